The van der Waals surface area contributed by atoms with Gasteiger partial charge in [0, 0.05) is 34.8 Å². The number of hydrogen-bond donors (Lipinski definition) is 4. The molecule has 32 heavy (non-hydrogen) atoms. The summed E-state index contributed by atoms with van der Waals surface area (Å²) in [7, 11) is 0. The number of carbonyl (C=O) groups excluding carboxylic acids is 2. The van der Waals surface area contributed by atoms with Crippen LogP contribution in [0.25, 0.3) is 10.9 Å². The first-order chi connectivity index (χ1) is 15.5. The molecule has 2 atom stereocenters. The van der Waals surface area contributed by atoms with Crippen molar-refractivity contribution in [3.63, 3.8) is 0 Å². The minimum absolute atomic E-state index is 0.269. The molecule has 0 unspecified atom stereocenters. The van der Waals surface area contributed by atoms with Gasteiger partial charge in [0.15, 0.2) is 0 Å². The van der Waals surface area contributed by atoms with E-state index in [0.717, 1.165) is 22.2 Å². The minimum Gasteiger partial charge on any atom is -0.489 e. The van der Waals surface area contributed by atoms with Gasteiger partial charge in [0.25, 0.3) is 5.91 Å². The largest absolute Gasteiger partial charge is 0.489 e. The van der Waals surface area contributed by atoms with E-state index in [1.807, 2.05) is 37.3 Å². The third-order valence-corrected chi connectivity index (χ3v) is 5.69. The number of pyridine rings is 1. The second-order valence-corrected chi connectivity index (χ2v) is 7.91. The van der Waals surface area contributed by atoms with Crippen LogP contribution in [0.1, 0.15) is 28.0 Å². The molecule has 4 N–H and O–H groups in total. The molecule has 2 heterocycles. The third kappa shape index (κ3) is 4.87. The second-order valence-electron chi connectivity index (χ2n) is 7.91. The lowest BCUT2D eigenvalue weighted by atomic mass is 9.92. The molecule has 1 fully saturated rings. The number of aryl methyl sites for hydroxylation is 1. The Morgan fingerprint density at radius 1 is 1.19 bits per heavy atom. The Kier molecular flexibility index (Phi) is 6.63. The number of rotatable bonds is 6. The maximum absolute atomic E-state index is 12.7. The molecule has 1 aliphatic heterocycles. The number of nitrogens with one attached hydrogen (secondary N) is 3. The fourth-order valence-corrected chi connectivity index (χ4v) is 4.02. The van der Waals surface area contributed by atoms with Crippen molar-refractivity contribution in [2.75, 3.05) is 13.1 Å². The van der Waals surface area contributed by atoms with Crippen LogP contribution in [0.2, 0.25) is 0 Å². The number of nitrogens with zero attached hydrogens (tertiary/aromatic N) is 1. The van der Waals surface area contributed by atoms with Crippen molar-refractivity contribution in [2.45, 2.75) is 26.0 Å². The van der Waals surface area contributed by atoms with E-state index >= 15 is 0 Å². The van der Waals surface area contributed by atoms with Crippen molar-refractivity contribution in [3.05, 3.63) is 71.4 Å². The Hall–Kier alpha value is -3.49. The minimum atomic E-state index is -0.529. The van der Waals surface area contributed by atoms with Crippen LogP contribution in [0, 0.1) is 12.8 Å². The van der Waals surface area contributed by atoms with E-state index in [-0.39, 0.29) is 11.9 Å². The zero-order valence-corrected chi connectivity index (χ0v) is 17.8. The molecule has 0 radical (unpaired) electrons. The average molecular weight is 434 g/mol. The molecule has 8 nitrogen and oxygen atoms in total. The molecule has 8 heteroatoms. The highest BCUT2D eigenvalue weighted by Crippen LogP contribution is 2.21. The van der Waals surface area contributed by atoms with E-state index < -0.39 is 11.8 Å². The Balaban J connectivity index is 1.40. The molecule has 1 aromatic heterocycles. The number of ether oxygens (including phenoxy) is 1. The van der Waals surface area contributed by atoms with E-state index in [0.29, 0.717) is 37.4 Å². The van der Waals surface area contributed by atoms with Gasteiger partial charge in [0.05, 0.1) is 11.4 Å². The highest BCUT2D eigenvalue weighted by molar-refractivity contribution is 5.95. The van der Waals surface area contributed by atoms with Gasteiger partial charge in [-0.25, -0.2) is 5.48 Å². The van der Waals surface area contributed by atoms with Crippen molar-refractivity contribution in [1.29, 1.82) is 0 Å². The normalized spacial score (nSPS) is 18.2. The standard InChI is InChI=1S/C24H26N4O4/c1-15-12-17(19-4-2-3-5-21(19)26-15)14-32-18-8-6-16(7-9-18)23(29)27-22-10-11-25-13-20(22)24(30)28-31/h2-9,12,20,22,25,31H,10-11,13-14H2,1H3,(H,27,29)(H,28,30)/t20-,22-/m0/s1. The number of fused-ring (bicyclic) bond motifs is 1. The lowest BCUT2D eigenvalue weighted by molar-refractivity contribution is -0.134. The fraction of sp³-hybridized carbons (Fsp3) is 0.292. The van der Waals surface area contributed by atoms with Gasteiger partial charge in [0.1, 0.15) is 12.4 Å². The molecule has 0 spiro atoms. The maximum Gasteiger partial charge on any atom is 0.251 e. The lowest BCUT2D eigenvalue weighted by Crippen LogP contribution is -2.54. The summed E-state index contributed by atoms with van der Waals surface area (Å²) in [6, 6.07) is 16.5. The number of hydroxylamine groups is 1. The van der Waals surface area contributed by atoms with E-state index in [4.69, 9.17) is 9.94 Å². The number of piperidine rings is 1. The molecule has 166 valence electrons. The molecular formula is C24H26N4O4. The quantitative estimate of drug-likeness (QED) is 0.350. The Bertz CT molecular complexity index is 1120. The van der Waals surface area contributed by atoms with E-state index in [2.05, 4.69) is 15.6 Å². The summed E-state index contributed by atoms with van der Waals surface area (Å²) in [6.07, 6.45) is 0.602. The van der Waals surface area contributed by atoms with E-state index in [1.54, 1.807) is 29.7 Å². The molecule has 3 aromatic rings. The SMILES string of the molecule is Cc1cc(COc2ccc(C(=O)N[C@H]3CCNC[C@@H]3C(=O)NO)cc2)c2ccccc2n1. The van der Waals surface area contributed by atoms with Crippen molar-refractivity contribution in [2.24, 2.45) is 5.92 Å². The van der Waals surface area contributed by atoms with Crippen molar-refractivity contribution in [3.8, 4) is 5.75 Å². The Morgan fingerprint density at radius 2 is 1.97 bits per heavy atom. The highest BCUT2D eigenvalue weighted by Gasteiger charge is 2.32. The molecule has 0 bridgehead atoms. The van der Waals surface area contributed by atoms with E-state index in [1.165, 1.54) is 0 Å². The lowest BCUT2D eigenvalue weighted by Gasteiger charge is -2.31. The molecule has 4 rings (SSSR count). The van der Waals surface area contributed by atoms with Gasteiger partial charge < -0.3 is 15.4 Å². The Morgan fingerprint density at radius 3 is 2.75 bits per heavy atom. The van der Waals surface area contributed by atoms with Gasteiger partial charge in [-0.3, -0.25) is 19.8 Å². The van der Waals surface area contributed by atoms with Gasteiger partial charge in [0.2, 0.25) is 5.91 Å². The summed E-state index contributed by atoms with van der Waals surface area (Å²) in [6.45, 7) is 3.44. The van der Waals surface area contributed by atoms with E-state index in [9.17, 15) is 9.59 Å². The first-order valence-corrected chi connectivity index (χ1v) is 10.6. The summed E-state index contributed by atoms with van der Waals surface area (Å²) in [5, 5.41) is 16.0. The molecule has 2 amide bonds. The molecular weight excluding hydrogens is 408 g/mol. The molecule has 0 saturated carbocycles. The van der Waals surface area contributed by atoms with Crippen molar-refractivity contribution in [1.82, 2.24) is 21.1 Å². The van der Waals surface area contributed by atoms with Crippen LogP contribution in [-0.4, -0.2) is 41.1 Å². The van der Waals surface area contributed by atoms with Crippen LogP contribution in [0.15, 0.2) is 54.6 Å². The summed E-state index contributed by atoms with van der Waals surface area (Å²) in [5.41, 5.74) is 5.07. The zero-order valence-electron chi connectivity index (χ0n) is 17.8. The number of para-hydroxylation sites is 1. The second kappa shape index (κ2) is 9.76. The average Bonchev–Trinajstić information content (AvgIpc) is 2.82. The number of aromatic nitrogens is 1. The Labute approximate surface area is 186 Å². The first kappa shape index (κ1) is 21.7. The van der Waals surface area contributed by atoms with Crippen LogP contribution in [0.4, 0.5) is 0 Å². The monoisotopic (exact) mass is 434 g/mol. The first-order valence-electron chi connectivity index (χ1n) is 10.6. The smallest absolute Gasteiger partial charge is 0.251 e. The number of benzene rings is 2. The van der Waals surface area contributed by atoms with Crippen LogP contribution in [0.5, 0.6) is 5.75 Å². The van der Waals surface area contributed by atoms with Crippen LogP contribution >= 0.6 is 0 Å². The van der Waals surface area contributed by atoms with Crippen molar-refractivity contribution >= 4 is 22.7 Å². The fourth-order valence-electron chi connectivity index (χ4n) is 4.02. The van der Waals surface area contributed by atoms with Gasteiger partial charge in [-0.05, 0) is 56.3 Å². The van der Waals surface area contributed by atoms with Gasteiger partial charge in [-0.1, -0.05) is 18.2 Å². The predicted octanol–water partition coefficient (Wildman–Crippen LogP) is 2.34. The van der Waals surface area contributed by atoms with Crippen LogP contribution in [-0.2, 0) is 11.4 Å². The summed E-state index contributed by atoms with van der Waals surface area (Å²) in [4.78, 5) is 29.1. The predicted molar refractivity (Wildman–Crippen MR) is 119 cm³/mol. The number of amides is 2. The molecule has 2 aromatic carbocycles. The number of carbonyl (C=O) groups is 2. The summed E-state index contributed by atoms with van der Waals surface area (Å²) < 4.78 is 5.95. The molecule has 1 saturated heterocycles. The van der Waals surface area contributed by atoms with Gasteiger partial charge in [-0.2, -0.15) is 0 Å². The summed E-state index contributed by atoms with van der Waals surface area (Å²) >= 11 is 0. The number of hydrogen-bond acceptors (Lipinski definition) is 6. The van der Waals surface area contributed by atoms with Crippen LogP contribution in [0.3, 0.4) is 0 Å². The highest BCUT2D eigenvalue weighted by atomic mass is 16.5. The summed E-state index contributed by atoms with van der Waals surface area (Å²) in [5.74, 6) is -0.654. The zero-order chi connectivity index (χ0) is 22.5. The van der Waals surface area contributed by atoms with Crippen LogP contribution < -0.4 is 20.9 Å². The topological polar surface area (TPSA) is 113 Å². The van der Waals surface area contributed by atoms with Gasteiger partial charge in [-0.15, -0.1) is 0 Å². The molecule has 0 aliphatic carbocycles. The van der Waals surface area contributed by atoms with Gasteiger partial charge >= 0.3 is 0 Å². The van der Waals surface area contributed by atoms with Crippen molar-refractivity contribution < 1.29 is 19.5 Å². The third-order valence-electron chi connectivity index (χ3n) is 5.69. The molecule has 1 aliphatic rings. The maximum atomic E-state index is 12.7.